The first-order valence-corrected chi connectivity index (χ1v) is 7.68. The van der Waals surface area contributed by atoms with E-state index in [0.29, 0.717) is 13.1 Å². The molecule has 0 radical (unpaired) electrons. The molecule has 0 fully saturated rings. The minimum absolute atomic E-state index is 0.216. The zero-order chi connectivity index (χ0) is 15.3. The molecule has 3 N–H and O–H groups in total. The van der Waals surface area contributed by atoms with E-state index in [0.717, 1.165) is 28.8 Å². The molecule has 0 saturated heterocycles. The van der Waals surface area contributed by atoms with Crippen LogP contribution in [0, 0.1) is 0 Å². The Morgan fingerprint density at radius 3 is 2.60 bits per heavy atom. The van der Waals surface area contributed by atoms with Crippen LogP contribution in [0.3, 0.4) is 0 Å². The van der Waals surface area contributed by atoms with Crippen LogP contribution >= 0.6 is 15.9 Å². The van der Waals surface area contributed by atoms with Gasteiger partial charge >= 0.3 is 0 Å². The summed E-state index contributed by atoms with van der Waals surface area (Å²) < 4.78 is 3.07. The van der Waals surface area contributed by atoms with Gasteiger partial charge in [0, 0.05) is 19.1 Å². The highest BCUT2D eigenvalue weighted by atomic mass is 79.9. The normalized spacial score (nSPS) is 12.7. The molecule has 0 amide bonds. The van der Waals surface area contributed by atoms with Gasteiger partial charge in [0.25, 0.3) is 0 Å². The molecule has 1 aromatic rings. The SMILES string of the molecule is CCc1nn(CC)c(CN(CC(N)=NO)C(C)C)c1Br. The average molecular weight is 346 g/mol. The number of amidine groups is 1. The molecule has 20 heavy (non-hydrogen) atoms. The lowest BCUT2D eigenvalue weighted by atomic mass is 10.2. The maximum atomic E-state index is 8.74. The number of oxime groups is 1. The fourth-order valence-corrected chi connectivity index (χ4v) is 2.71. The van der Waals surface area contributed by atoms with E-state index in [4.69, 9.17) is 10.9 Å². The Hall–Kier alpha value is -1.08. The first-order valence-electron chi connectivity index (χ1n) is 6.88. The van der Waals surface area contributed by atoms with Crippen molar-refractivity contribution in [2.75, 3.05) is 6.54 Å². The van der Waals surface area contributed by atoms with Crippen LogP contribution in [0.2, 0.25) is 0 Å². The van der Waals surface area contributed by atoms with Crippen LogP contribution in [-0.2, 0) is 19.5 Å². The van der Waals surface area contributed by atoms with Crippen LogP contribution in [0.5, 0.6) is 0 Å². The molecule has 0 spiro atoms. The van der Waals surface area contributed by atoms with Crippen LogP contribution in [-0.4, -0.2) is 38.3 Å². The Kier molecular flexibility index (Phi) is 6.48. The van der Waals surface area contributed by atoms with Crippen LogP contribution in [0.4, 0.5) is 0 Å². The summed E-state index contributed by atoms with van der Waals surface area (Å²) in [6, 6.07) is 0.285. The molecule has 0 saturated carbocycles. The lowest BCUT2D eigenvalue weighted by Gasteiger charge is -2.26. The molecule has 1 aromatic heterocycles. The van der Waals surface area contributed by atoms with E-state index in [1.54, 1.807) is 0 Å². The van der Waals surface area contributed by atoms with Gasteiger partial charge in [-0.2, -0.15) is 5.10 Å². The molecule has 0 aromatic carbocycles. The molecule has 0 atom stereocenters. The molecule has 1 rings (SSSR count). The first-order chi connectivity index (χ1) is 9.44. The molecule has 1 heterocycles. The predicted octanol–water partition coefficient (Wildman–Crippen LogP) is 2.18. The largest absolute Gasteiger partial charge is 0.409 e. The van der Waals surface area contributed by atoms with Gasteiger partial charge < -0.3 is 10.9 Å². The Morgan fingerprint density at radius 1 is 1.50 bits per heavy atom. The number of hydrogen-bond donors (Lipinski definition) is 2. The van der Waals surface area contributed by atoms with Crippen LogP contribution in [0.1, 0.15) is 39.1 Å². The number of rotatable bonds is 7. The molecule has 0 aliphatic carbocycles. The number of hydrogen-bond acceptors (Lipinski definition) is 4. The van der Waals surface area contributed by atoms with Gasteiger partial charge in [0.2, 0.25) is 0 Å². The van der Waals surface area contributed by atoms with Gasteiger partial charge in [0.05, 0.1) is 22.4 Å². The zero-order valence-corrected chi connectivity index (χ0v) is 14.2. The second-order valence-electron chi connectivity index (χ2n) is 4.97. The Balaban J connectivity index is 3.01. The van der Waals surface area contributed by atoms with Gasteiger partial charge in [0.1, 0.15) is 0 Å². The predicted molar refractivity (Wildman–Crippen MR) is 83.9 cm³/mol. The van der Waals surface area contributed by atoms with Gasteiger partial charge in [0.15, 0.2) is 5.84 Å². The summed E-state index contributed by atoms with van der Waals surface area (Å²) in [6.07, 6.45) is 0.891. The lowest BCUT2D eigenvalue weighted by Crippen LogP contribution is -2.38. The third kappa shape index (κ3) is 3.96. The van der Waals surface area contributed by atoms with Crippen molar-refractivity contribution < 1.29 is 5.21 Å². The van der Waals surface area contributed by atoms with Gasteiger partial charge in [-0.25, -0.2) is 0 Å². The fraction of sp³-hybridized carbons (Fsp3) is 0.692. The molecule has 0 aliphatic heterocycles. The number of aryl methyl sites for hydroxylation is 2. The minimum Gasteiger partial charge on any atom is -0.409 e. The Bertz CT molecular complexity index is 470. The van der Waals surface area contributed by atoms with Gasteiger partial charge in [-0.15, -0.1) is 0 Å². The van der Waals surface area contributed by atoms with E-state index in [-0.39, 0.29) is 11.9 Å². The number of nitrogens with two attached hydrogens (primary N) is 1. The Labute approximate surface area is 128 Å². The summed E-state index contributed by atoms with van der Waals surface area (Å²) in [5, 5.41) is 16.4. The quantitative estimate of drug-likeness (QED) is 0.343. The third-order valence-electron chi connectivity index (χ3n) is 3.27. The zero-order valence-electron chi connectivity index (χ0n) is 12.6. The van der Waals surface area contributed by atoms with Crippen molar-refractivity contribution in [1.29, 1.82) is 0 Å². The van der Waals surface area contributed by atoms with Gasteiger partial charge in [-0.3, -0.25) is 9.58 Å². The van der Waals surface area contributed by atoms with E-state index in [9.17, 15) is 0 Å². The van der Waals surface area contributed by atoms with Crippen molar-refractivity contribution in [1.82, 2.24) is 14.7 Å². The summed E-state index contributed by atoms with van der Waals surface area (Å²) in [4.78, 5) is 2.14. The second-order valence-corrected chi connectivity index (χ2v) is 5.76. The summed E-state index contributed by atoms with van der Waals surface area (Å²) in [7, 11) is 0. The van der Waals surface area contributed by atoms with E-state index in [1.807, 2.05) is 4.68 Å². The van der Waals surface area contributed by atoms with Crippen LogP contribution in [0.25, 0.3) is 0 Å². The number of nitrogens with zero attached hydrogens (tertiary/aromatic N) is 4. The minimum atomic E-state index is 0.216. The topological polar surface area (TPSA) is 79.7 Å². The smallest absolute Gasteiger partial charge is 0.153 e. The monoisotopic (exact) mass is 345 g/mol. The van der Waals surface area contributed by atoms with Crippen molar-refractivity contribution in [3.8, 4) is 0 Å². The van der Waals surface area contributed by atoms with E-state index in [1.165, 1.54) is 0 Å². The van der Waals surface area contributed by atoms with Crippen molar-refractivity contribution in [3.63, 3.8) is 0 Å². The molecular formula is C13H24BrN5O. The van der Waals surface area contributed by atoms with Gasteiger partial charge in [-0.05, 0) is 43.1 Å². The molecule has 114 valence electrons. The van der Waals surface area contributed by atoms with Gasteiger partial charge in [-0.1, -0.05) is 12.1 Å². The molecule has 0 unspecified atom stereocenters. The summed E-state index contributed by atoms with van der Waals surface area (Å²) in [5.41, 5.74) is 7.82. The highest BCUT2D eigenvalue weighted by molar-refractivity contribution is 9.10. The van der Waals surface area contributed by atoms with E-state index in [2.05, 4.69) is 58.8 Å². The maximum absolute atomic E-state index is 8.74. The molecular weight excluding hydrogens is 322 g/mol. The van der Waals surface area contributed by atoms with Crippen LogP contribution < -0.4 is 5.73 Å². The number of halogens is 1. The highest BCUT2D eigenvalue weighted by Gasteiger charge is 2.19. The number of aromatic nitrogens is 2. The van der Waals surface area contributed by atoms with Crippen molar-refractivity contribution in [2.24, 2.45) is 10.9 Å². The summed E-state index contributed by atoms with van der Waals surface area (Å²) >= 11 is 3.64. The van der Waals surface area contributed by atoms with E-state index < -0.39 is 0 Å². The summed E-state index contributed by atoms with van der Waals surface area (Å²) in [5.74, 6) is 0.216. The summed E-state index contributed by atoms with van der Waals surface area (Å²) in [6.45, 7) is 10.3. The molecule has 0 aliphatic rings. The van der Waals surface area contributed by atoms with Crippen molar-refractivity contribution >= 4 is 21.8 Å². The second kappa shape index (κ2) is 7.64. The fourth-order valence-electron chi connectivity index (χ4n) is 2.02. The third-order valence-corrected chi connectivity index (χ3v) is 4.19. The standard InChI is InChI=1S/C13H24BrN5O/c1-5-10-13(14)11(19(6-2)16-10)7-18(9(3)4)8-12(15)17-20/h9,20H,5-8H2,1-4H3,(H2,15,17). The average Bonchev–Trinajstić information content (AvgIpc) is 2.73. The molecule has 6 nitrogen and oxygen atoms in total. The van der Waals surface area contributed by atoms with E-state index >= 15 is 0 Å². The van der Waals surface area contributed by atoms with Crippen molar-refractivity contribution in [2.45, 2.75) is 53.2 Å². The van der Waals surface area contributed by atoms with Crippen LogP contribution in [0.15, 0.2) is 9.63 Å². The van der Waals surface area contributed by atoms with Crippen molar-refractivity contribution in [3.05, 3.63) is 15.9 Å². The highest BCUT2D eigenvalue weighted by Crippen LogP contribution is 2.24. The molecule has 7 heteroatoms. The molecule has 0 bridgehead atoms. The first kappa shape index (κ1) is 17.0. The maximum Gasteiger partial charge on any atom is 0.153 e. The Morgan fingerprint density at radius 2 is 2.15 bits per heavy atom. The lowest BCUT2D eigenvalue weighted by molar-refractivity contribution is 0.231.